The Hall–Kier alpha value is -3.61. The average Bonchev–Trinajstić information content (AvgIpc) is 2.66. The maximum Gasteiger partial charge on any atom is 0.357 e. The molecule has 0 aliphatic carbocycles. The molecule has 0 aliphatic rings. The monoisotopic (exact) mass is 350 g/mol. The second-order valence-electron chi connectivity index (χ2n) is 5.43. The van der Waals surface area contributed by atoms with Crippen LogP contribution in [0.4, 0.5) is 5.69 Å². The number of rotatable bonds is 5. The molecule has 0 bridgehead atoms. The van der Waals surface area contributed by atoms with Crippen LogP contribution in [0.1, 0.15) is 33.3 Å². The third-order valence-electron chi connectivity index (χ3n) is 3.78. The van der Waals surface area contributed by atoms with Gasteiger partial charge in [-0.3, -0.25) is 14.9 Å². The number of ether oxygens (including phenoxy) is 1. The molecule has 3 rings (SSSR count). The fourth-order valence-corrected chi connectivity index (χ4v) is 2.53. The van der Waals surface area contributed by atoms with Crippen LogP contribution in [-0.4, -0.2) is 28.3 Å². The Labute approximate surface area is 148 Å². The van der Waals surface area contributed by atoms with Crippen molar-refractivity contribution in [2.24, 2.45) is 0 Å². The fourth-order valence-electron chi connectivity index (χ4n) is 2.53. The number of nitrogens with zero attached hydrogens (tertiary/aromatic N) is 2. The molecule has 0 spiro atoms. The number of hydrogen-bond donors (Lipinski definition) is 0. The first-order valence-electron chi connectivity index (χ1n) is 7.87. The molecule has 130 valence electrons. The highest BCUT2D eigenvalue weighted by Gasteiger charge is 2.22. The first kappa shape index (κ1) is 17.2. The molecule has 0 atom stereocenters. The van der Waals surface area contributed by atoms with Gasteiger partial charge in [0.15, 0.2) is 11.5 Å². The van der Waals surface area contributed by atoms with Gasteiger partial charge in [-0.1, -0.05) is 18.2 Å². The zero-order chi connectivity index (χ0) is 18.7. The van der Waals surface area contributed by atoms with Crippen LogP contribution in [0, 0.1) is 10.1 Å². The van der Waals surface area contributed by atoms with Gasteiger partial charge >= 0.3 is 5.97 Å². The Morgan fingerprint density at radius 1 is 1.12 bits per heavy atom. The summed E-state index contributed by atoms with van der Waals surface area (Å²) < 4.78 is 5.01. The molecular weight excluding hydrogens is 336 g/mol. The summed E-state index contributed by atoms with van der Waals surface area (Å²) in [6.07, 6.45) is 0. The van der Waals surface area contributed by atoms with Gasteiger partial charge in [0.2, 0.25) is 0 Å². The predicted octanol–water partition coefficient (Wildman–Crippen LogP) is 3.55. The minimum Gasteiger partial charge on any atom is -0.461 e. The lowest BCUT2D eigenvalue weighted by molar-refractivity contribution is -0.384. The van der Waals surface area contributed by atoms with Gasteiger partial charge < -0.3 is 4.74 Å². The number of non-ortho nitro benzene ring substituents is 1. The Kier molecular flexibility index (Phi) is 4.70. The number of carbonyl (C=O) groups excluding carboxylic acids is 2. The predicted molar refractivity (Wildman–Crippen MR) is 94.2 cm³/mol. The summed E-state index contributed by atoms with van der Waals surface area (Å²) in [6, 6.07) is 13.9. The smallest absolute Gasteiger partial charge is 0.357 e. The molecule has 0 saturated heterocycles. The highest BCUT2D eigenvalue weighted by atomic mass is 16.6. The highest BCUT2D eigenvalue weighted by molar-refractivity contribution is 6.15. The second-order valence-corrected chi connectivity index (χ2v) is 5.43. The number of esters is 1. The SMILES string of the molecule is CCOC(=O)c1nc2ccccc2cc1C(=O)c1ccc([N+](=O)[O-])cc1. The maximum absolute atomic E-state index is 12.9. The number of hydrogen-bond acceptors (Lipinski definition) is 6. The third-order valence-corrected chi connectivity index (χ3v) is 3.78. The summed E-state index contributed by atoms with van der Waals surface area (Å²) in [5.74, 6) is -1.15. The van der Waals surface area contributed by atoms with Crippen molar-refractivity contribution in [2.75, 3.05) is 6.61 Å². The highest BCUT2D eigenvalue weighted by Crippen LogP contribution is 2.22. The minimum absolute atomic E-state index is 0.0751. The molecule has 26 heavy (non-hydrogen) atoms. The van der Waals surface area contributed by atoms with Crippen LogP contribution in [0.5, 0.6) is 0 Å². The van der Waals surface area contributed by atoms with Crippen LogP contribution >= 0.6 is 0 Å². The van der Waals surface area contributed by atoms with Crippen molar-refractivity contribution in [1.29, 1.82) is 0 Å². The number of fused-ring (bicyclic) bond motifs is 1. The fraction of sp³-hybridized carbons (Fsp3) is 0.105. The van der Waals surface area contributed by atoms with Crippen molar-refractivity contribution in [3.05, 3.63) is 81.5 Å². The van der Waals surface area contributed by atoms with E-state index in [-0.39, 0.29) is 29.1 Å². The molecule has 2 aromatic carbocycles. The van der Waals surface area contributed by atoms with Crippen molar-refractivity contribution < 1.29 is 19.2 Å². The van der Waals surface area contributed by atoms with Gasteiger partial charge in [0.25, 0.3) is 5.69 Å². The van der Waals surface area contributed by atoms with Crippen molar-refractivity contribution >= 4 is 28.3 Å². The lowest BCUT2D eigenvalue weighted by Crippen LogP contribution is -2.15. The number of ketones is 1. The molecule has 1 aromatic heterocycles. The Balaban J connectivity index is 2.11. The second kappa shape index (κ2) is 7.10. The topological polar surface area (TPSA) is 99.4 Å². The Bertz CT molecular complexity index is 1010. The van der Waals surface area contributed by atoms with Crippen LogP contribution in [0.15, 0.2) is 54.6 Å². The summed E-state index contributed by atoms with van der Waals surface area (Å²) in [4.78, 5) is 39.6. The van der Waals surface area contributed by atoms with Gasteiger partial charge in [-0.05, 0) is 31.2 Å². The van der Waals surface area contributed by atoms with Crippen molar-refractivity contribution in [3.8, 4) is 0 Å². The molecule has 0 aliphatic heterocycles. The number of benzene rings is 2. The van der Waals surface area contributed by atoms with E-state index in [9.17, 15) is 19.7 Å². The lowest BCUT2D eigenvalue weighted by Gasteiger charge is -2.09. The normalized spacial score (nSPS) is 10.5. The standard InChI is InChI=1S/C19H14N2O5/c1-2-26-19(23)17-15(11-13-5-3-4-6-16(13)20-17)18(22)12-7-9-14(10-8-12)21(24)25/h3-11H,2H2,1H3. The van der Waals surface area contributed by atoms with E-state index in [1.807, 2.05) is 0 Å². The zero-order valence-electron chi connectivity index (χ0n) is 13.8. The van der Waals surface area contributed by atoms with Crippen LogP contribution in [0.25, 0.3) is 10.9 Å². The number of pyridine rings is 1. The van der Waals surface area contributed by atoms with Gasteiger partial charge in [0.05, 0.1) is 22.6 Å². The number of nitro benzene ring substituents is 1. The molecule has 3 aromatic rings. The van der Waals surface area contributed by atoms with Crippen LogP contribution in [0.2, 0.25) is 0 Å². The van der Waals surface area contributed by atoms with Crippen LogP contribution < -0.4 is 0 Å². The summed E-state index contributed by atoms with van der Waals surface area (Å²) in [6.45, 7) is 1.81. The molecule has 0 saturated carbocycles. The van der Waals surface area contributed by atoms with E-state index < -0.39 is 16.7 Å². The molecule has 7 heteroatoms. The average molecular weight is 350 g/mol. The molecular formula is C19H14N2O5. The molecule has 0 N–H and O–H groups in total. The quantitative estimate of drug-likeness (QED) is 0.302. The Morgan fingerprint density at radius 2 is 1.81 bits per heavy atom. The molecule has 1 heterocycles. The van der Waals surface area contributed by atoms with Crippen molar-refractivity contribution in [3.63, 3.8) is 0 Å². The number of nitro groups is 1. The van der Waals surface area contributed by atoms with E-state index in [1.54, 1.807) is 37.3 Å². The maximum atomic E-state index is 12.9. The van der Waals surface area contributed by atoms with Gasteiger partial charge in [-0.2, -0.15) is 0 Å². The van der Waals surface area contributed by atoms with E-state index in [4.69, 9.17) is 4.74 Å². The molecule has 7 nitrogen and oxygen atoms in total. The largest absolute Gasteiger partial charge is 0.461 e. The van der Waals surface area contributed by atoms with Gasteiger partial charge in [-0.15, -0.1) is 0 Å². The first-order chi connectivity index (χ1) is 12.5. The summed E-state index contributed by atoms with van der Waals surface area (Å²) in [7, 11) is 0. The molecule has 0 fully saturated rings. The number of para-hydroxylation sites is 1. The number of carbonyl (C=O) groups is 2. The number of aromatic nitrogens is 1. The lowest BCUT2D eigenvalue weighted by atomic mass is 9.99. The van der Waals surface area contributed by atoms with E-state index >= 15 is 0 Å². The van der Waals surface area contributed by atoms with E-state index in [0.29, 0.717) is 10.9 Å². The van der Waals surface area contributed by atoms with Crippen molar-refractivity contribution in [2.45, 2.75) is 6.92 Å². The van der Waals surface area contributed by atoms with Crippen LogP contribution in [0.3, 0.4) is 0 Å². The van der Waals surface area contributed by atoms with Gasteiger partial charge in [0.1, 0.15) is 0 Å². The van der Waals surface area contributed by atoms with Crippen LogP contribution in [-0.2, 0) is 4.74 Å². The Morgan fingerprint density at radius 3 is 2.46 bits per heavy atom. The minimum atomic E-state index is -0.691. The third kappa shape index (κ3) is 3.27. The van der Waals surface area contributed by atoms with Crippen molar-refractivity contribution in [1.82, 2.24) is 4.98 Å². The zero-order valence-corrected chi connectivity index (χ0v) is 13.8. The van der Waals surface area contributed by atoms with E-state index in [1.165, 1.54) is 24.3 Å². The van der Waals surface area contributed by atoms with Gasteiger partial charge in [0, 0.05) is 23.1 Å². The summed E-state index contributed by atoms with van der Waals surface area (Å²) >= 11 is 0. The summed E-state index contributed by atoms with van der Waals surface area (Å²) in [5, 5.41) is 11.5. The van der Waals surface area contributed by atoms with E-state index in [0.717, 1.165) is 0 Å². The van der Waals surface area contributed by atoms with Gasteiger partial charge in [-0.25, -0.2) is 9.78 Å². The molecule has 0 radical (unpaired) electrons. The first-order valence-corrected chi connectivity index (χ1v) is 7.87. The summed E-state index contributed by atoms with van der Waals surface area (Å²) in [5.41, 5.74) is 0.683. The molecule has 0 amide bonds. The molecule has 0 unspecified atom stereocenters. The van der Waals surface area contributed by atoms with E-state index in [2.05, 4.69) is 4.98 Å².